The highest BCUT2D eigenvalue weighted by atomic mass is 32.1. The predicted molar refractivity (Wildman–Crippen MR) is 95.3 cm³/mol. The van der Waals surface area contributed by atoms with Crippen LogP contribution in [0.4, 0.5) is 14.6 Å². The predicted octanol–water partition coefficient (Wildman–Crippen LogP) is 1.69. The summed E-state index contributed by atoms with van der Waals surface area (Å²) < 4.78 is 79.5. The van der Waals surface area contributed by atoms with E-state index in [1.165, 1.54) is 0 Å². The number of hydrogen-bond donors (Lipinski definition) is 5. The standard InChI is InChI=1S/C10H16F2N3O11P3S/c1-10(12)2-5(24-8(10)15-3-6(11)7(13)14-9(15)30)4-23-28(19,20)26-29(21,22)25-27(16,17)18/h3,5,8H,2,4H2,1H3,(H,19,20)(H,21,22)(H2,13,14,30)(H2,16,17,18)/t5-,8+,10?/m0/s1. The van der Waals surface area contributed by atoms with Crippen molar-refractivity contribution in [2.24, 2.45) is 0 Å². The van der Waals surface area contributed by atoms with Gasteiger partial charge in [0, 0.05) is 12.6 Å². The maximum absolute atomic E-state index is 14.9. The van der Waals surface area contributed by atoms with Gasteiger partial charge in [-0.1, -0.05) is 0 Å². The second-order valence-electron chi connectivity index (χ2n) is 6.14. The van der Waals surface area contributed by atoms with Crippen molar-refractivity contribution in [2.75, 3.05) is 12.3 Å². The highest BCUT2D eigenvalue weighted by Gasteiger charge is 2.48. The topological polar surface area (TPSA) is 213 Å². The average Bonchev–Trinajstić information content (AvgIpc) is 2.80. The van der Waals surface area contributed by atoms with E-state index in [9.17, 15) is 27.4 Å². The Morgan fingerprint density at radius 3 is 2.50 bits per heavy atom. The zero-order valence-electron chi connectivity index (χ0n) is 14.8. The smallest absolute Gasteiger partial charge is 0.381 e. The van der Waals surface area contributed by atoms with Gasteiger partial charge in [0.2, 0.25) is 4.77 Å². The normalized spacial score (nSPS) is 28.8. The SMILES string of the molecule is CC1(F)C[C@@H](COP(=O)(O)OP(=O)(O)OP(=O)(O)O)O[C@H]1n1cc(F)c(N)nc1=S. The molecule has 0 radical (unpaired) electrons. The maximum atomic E-state index is 14.9. The Morgan fingerprint density at radius 2 is 1.93 bits per heavy atom. The van der Waals surface area contributed by atoms with Gasteiger partial charge in [0.25, 0.3) is 0 Å². The molecule has 0 amide bonds. The van der Waals surface area contributed by atoms with Crippen molar-refractivity contribution < 1.29 is 59.9 Å². The summed E-state index contributed by atoms with van der Waals surface area (Å²) in [5.74, 6) is -1.52. The van der Waals surface area contributed by atoms with Crippen LogP contribution < -0.4 is 5.73 Å². The molecule has 0 saturated carbocycles. The molecule has 2 rings (SSSR count). The first-order chi connectivity index (χ1) is 13.4. The minimum atomic E-state index is -5.69. The summed E-state index contributed by atoms with van der Waals surface area (Å²) in [6.07, 6.45) is -2.47. The summed E-state index contributed by atoms with van der Waals surface area (Å²) in [7, 11) is -16.6. The summed E-state index contributed by atoms with van der Waals surface area (Å²) in [5, 5.41) is 0. The van der Waals surface area contributed by atoms with Crippen LogP contribution in [0.15, 0.2) is 6.20 Å². The minimum Gasteiger partial charge on any atom is -0.381 e. The number of phosphoric ester groups is 1. The quantitative estimate of drug-likeness (QED) is 0.245. The Hall–Kier alpha value is -0.670. The molecule has 1 aromatic rings. The van der Waals surface area contributed by atoms with Gasteiger partial charge in [-0.05, 0) is 19.1 Å². The molecule has 6 N–H and O–H groups in total. The highest BCUT2D eigenvalue weighted by Crippen LogP contribution is 2.66. The van der Waals surface area contributed by atoms with Gasteiger partial charge in [-0.3, -0.25) is 9.09 Å². The lowest BCUT2D eigenvalue weighted by molar-refractivity contribution is -0.0597. The van der Waals surface area contributed by atoms with E-state index in [4.69, 9.17) is 37.4 Å². The van der Waals surface area contributed by atoms with Crippen molar-refractivity contribution in [3.8, 4) is 0 Å². The minimum absolute atomic E-state index is 0.309. The highest BCUT2D eigenvalue weighted by molar-refractivity contribution is 7.71. The zero-order chi connectivity index (χ0) is 23.1. The van der Waals surface area contributed by atoms with Crippen LogP contribution in [0, 0.1) is 10.6 Å². The Morgan fingerprint density at radius 1 is 1.33 bits per heavy atom. The number of nitrogens with zero attached hydrogens (tertiary/aromatic N) is 2. The van der Waals surface area contributed by atoms with Crippen molar-refractivity contribution >= 4 is 41.5 Å². The Bertz CT molecular complexity index is 1020. The molecule has 1 aromatic heterocycles. The van der Waals surface area contributed by atoms with Crippen LogP contribution in [0.1, 0.15) is 19.6 Å². The summed E-state index contributed by atoms with van der Waals surface area (Å²) in [6.45, 7) is 0.191. The molecule has 14 nitrogen and oxygen atoms in total. The molecule has 3 unspecified atom stereocenters. The fourth-order valence-corrected chi connectivity index (χ4v) is 5.77. The molecule has 5 atom stereocenters. The zero-order valence-corrected chi connectivity index (χ0v) is 18.3. The lowest BCUT2D eigenvalue weighted by Gasteiger charge is -2.23. The number of aromatic nitrogens is 2. The first-order valence-electron chi connectivity index (χ1n) is 7.58. The van der Waals surface area contributed by atoms with Gasteiger partial charge in [-0.25, -0.2) is 22.5 Å². The Labute approximate surface area is 172 Å². The van der Waals surface area contributed by atoms with Gasteiger partial charge >= 0.3 is 23.5 Å². The lowest BCUT2D eigenvalue weighted by Crippen LogP contribution is -2.28. The van der Waals surface area contributed by atoms with Gasteiger partial charge in [0.15, 0.2) is 23.5 Å². The second-order valence-corrected chi connectivity index (χ2v) is 10.9. The van der Waals surface area contributed by atoms with Gasteiger partial charge < -0.3 is 30.0 Å². The number of halogens is 2. The molecule has 30 heavy (non-hydrogen) atoms. The van der Waals surface area contributed by atoms with Crippen LogP contribution in [-0.2, 0) is 31.6 Å². The molecular weight excluding hydrogens is 501 g/mol. The van der Waals surface area contributed by atoms with Crippen molar-refractivity contribution in [1.82, 2.24) is 9.55 Å². The third kappa shape index (κ3) is 6.92. The molecule has 20 heteroatoms. The van der Waals surface area contributed by atoms with E-state index in [2.05, 4.69) is 18.1 Å². The van der Waals surface area contributed by atoms with Gasteiger partial charge in [0.05, 0.1) is 12.7 Å². The number of rotatable bonds is 8. The number of phosphoric acid groups is 3. The van der Waals surface area contributed by atoms with Crippen molar-refractivity contribution in [1.29, 1.82) is 0 Å². The van der Waals surface area contributed by atoms with Crippen LogP contribution in [0.5, 0.6) is 0 Å². The largest absolute Gasteiger partial charge is 0.490 e. The van der Waals surface area contributed by atoms with Gasteiger partial charge in [-0.15, -0.1) is 0 Å². The molecular formula is C10H16F2N3O11P3S. The molecule has 1 saturated heterocycles. The maximum Gasteiger partial charge on any atom is 0.490 e. The summed E-state index contributed by atoms with van der Waals surface area (Å²) in [5.41, 5.74) is 3.08. The van der Waals surface area contributed by atoms with Crippen LogP contribution >= 0.6 is 35.7 Å². The second kappa shape index (κ2) is 8.70. The molecule has 1 fully saturated rings. The van der Waals surface area contributed by atoms with Crippen molar-refractivity contribution in [2.45, 2.75) is 31.3 Å². The molecule has 0 aromatic carbocycles. The molecule has 0 spiro atoms. The van der Waals surface area contributed by atoms with Crippen LogP contribution in [0.25, 0.3) is 0 Å². The monoisotopic (exact) mass is 517 g/mol. The number of anilines is 1. The fourth-order valence-electron chi connectivity index (χ4n) is 2.48. The number of nitrogen functional groups attached to an aromatic ring is 1. The van der Waals surface area contributed by atoms with E-state index in [1.807, 2.05) is 0 Å². The Kier molecular flexibility index (Phi) is 7.42. The average molecular weight is 517 g/mol. The molecule has 1 aliphatic heterocycles. The number of nitrogens with two attached hydrogens (primary N) is 1. The van der Waals surface area contributed by atoms with Crippen LogP contribution in [-0.4, -0.2) is 47.5 Å². The number of ether oxygens (including phenoxy) is 1. The van der Waals surface area contributed by atoms with Gasteiger partial charge in [-0.2, -0.15) is 13.6 Å². The van der Waals surface area contributed by atoms with E-state index in [1.54, 1.807) is 0 Å². The lowest BCUT2D eigenvalue weighted by atomic mass is 10.0. The van der Waals surface area contributed by atoms with E-state index >= 15 is 0 Å². The first kappa shape index (κ1) is 25.6. The Balaban J connectivity index is 2.08. The van der Waals surface area contributed by atoms with E-state index in [0.29, 0.717) is 0 Å². The third-order valence-corrected chi connectivity index (χ3v) is 7.59. The van der Waals surface area contributed by atoms with Gasteiger partial charge in [0.1, 0.15) is 0 Å². The van der Waals surface area contributed by atoms with Crippen molar-refractivity contribution in [3.63, 3.8) is 0 Å². The molecule has 172 valence electrons. The summed E-state index contributed by atoms with van der Waals surface area (Å²) in [6, 6.07) is 0. The first-order valence-corrected chi connectivity index (χ1v) is 12.5. The molecule has 0 bridgehead atoms. The van der Waals surface area contributed by atoms with Crippen molar-refractivity contribution in [3.05, 3.63) is 16.8 Å². The van der Waals surface area contributed by atoms with E-state index in [0.717, 1.165) is 17.7 Å². The third-order valence-electron chi connectivity index (χ3n) is 3.49. The van der Waals surface area contributed by atoms with Crippen LogP contribution in [0.3, 0.4) is 0 Å². The summed E-state index contributed by atoms with van der Waals surface area (Å²) in [4.78, 5) is 39.0. The molecule has 0 aliphatic carbocycles. The molecule has 1 aliphatic rings. The van der Waals surface area contributed by atoms with E-state index in [-0.39, 0.29) is 4.77 Å². The van der Waals surface area contributed by atoms with Crippen LogP contribution in [0.2, 0.25) is 0 Å². The molecule has 2 heterocycles. The number of alkyl halides is 1. The number of hydrogen-bond acceptors (Lipinski definition) is 10. The van der Waals surface area contributed by atoms with E-state index < -0.39 is 66.1 Å². The summed E-state index contributed by atoms with van der Waals surface area (Å²) >= 11 is 4.89. The fraction of sp³-hybridized carbons (Fsp3) is 0.600.